The summed E-state index contributed by atoms with van der Waals surface area (Å²) in [5.41, 5.74) is 0. The van der Waals surface area contributed by atoms with E-state index in [1.54, 1.807) is 0 Å². The maximum Gasteiger partial charge on any atom is -0.0412 e. The van der Waals surface area contributed by atoms with Crippen molar-refractivity contribution in [3.8, 4) is 0 Å². The van der Waals surface area contributed by atoms with Crippen LogP contribution in [0.4, 0.5) is 0 Å². The van der Waals surface area contributed by atoms with Crippen molar-refractivity contribution < 1.29 is 0 Å². The van der Waals surface area contributed by atoms with Crippen LogP contribution in [0.2, 0.25) is 0 Å². The second kappa shape index (κ2) is 12.5. The molecule has 2 unspecified atom stereocenters. The van der Waals surface area contributed by atoms with Crippen molar-refractivity contribution in [2.75, 3.05) is 0 Å². The van der Waals surface area contributed by atoms with Gasteiger partial charge in [-0.1, -0.05) is 91.9 Å². The molecule has 2 atom stereocenters. The summed E-state index contributed by atoms with van der Waals surface area (Å²) in [6.45, 7) is 9.38. The Labute approximate surface area is 111 Å². The fourth-order valence-electron chi connectivity index (χ4n) is 2.65. The van der Waals surface area contributed by atoms with E-state index >= 15 is 0 Å². The molecular formula is C17H36. The zero-order valence-corrected chi connectivity index (χ0v) is 12.9. The van der Waals surface area contributed by atoms with Crippen molar-refractivity contribution in [2.24, 2.45) is 11.8 Å². The quantitative estimate of drug-likeness (QED) is 0.338. The first-order chi connectivity index (χ1) is 8.24. The Balaban J connectivity index is 3.68. The monoisotopic (exact) mass is 240 g/mol. The molecule has 0 aliphatic rings. The van der Waals surface area contributed by atoms with E-state index in [0.717, 1.165) is 11.8 Å². The van der Waals surface area contributed by atoms with Gasteiger partial charge >= 0.3 is 0 Å². The standard InChI is InChI=1S/C17H36/c1-5-8-10-11-12-14-17(13-9-6-2)15-16(4)7-3/h16-17H,5-15H2,1-4H3. The smallest absolute Gasteiger partial charge is 0.0412 e. The maximum atomic E-state index is 2.43. The van der Waals surface area contributed by atoms with E-state index in [9.17, 15) is 0 Å². The molecule has 0 radical (unpaired) electrons. The lowest BCUT2D eigenvalue weighted by Gasteiger charge is -2.20. The highest BCUT2D eigenvalue weighted by atomic mass is 14.2. The Morgan fingerprint density at radius 2 is 1.29 bits per heavy atom. The predicted molar refractivity (Wildman–Crippen MR) is 80.5 cm³/mol. The fourth-order valence-corrected chi connectivity index (χ4v) is 2.65. The topological polar surface area (TPSA) is 0 Å². The normalized spacial score (nSPS) is 14.8. The van der Waals surface area contributed by atoms with Crippen LogP contribution in [0.3, 0.4) is 0 Å². The average molecular weight is 240 g/mol. The Hall–Kier alpha value is 0. The predicted octanol–water partition coefficient (Wildman–Crippen LogP) is 6.59. The number of hydrogen-bond donors (Lipinski definition) is 0. The SMILES string of the molecule is CCCCCCCC(CCCC)CC(C)CC. The summed E-state index contributed by atoms with van der Waals surface area (Å²) in [4.78, 5) is 0. The molecule has 0 saturated heterocycles. The summed E-state index contributed by atoms with van der Waals surface area (Å²) in [6.07, 6.45) is 15.8. The highest BCUT2D eigenvalue weighted by Gasteiger charge is 2.11. The molecule has 0 aliphatic carbocycles. The first-order valence-electron chi connectivity index (χ1n) is 8.24. The van der Waals surface area contributed by atoms with Crippen LogP contribution in [0.15, 0.2) is 0 Å². The van der Waals surface area contributed by atoms with Crippen molar-refractivity contribution in [2.45, 2.75) is 98.3 Å². The molecule has 0 aliphatic heterocycles. The average Bonchev–Trinajstić information content (AvgIpc) is 2.35. The van der Waals surface area contributed by atoms with Gasteiger partial charge in [-0.3, -0.25) is 0 Å². The molecule has 0 saturated carbocycles. The lowest BCUT2D eigenvalue weighted by molar-refractivity contribution is 0.326. The first-order valence-corrected chi connectivity index (χ1v) is 8.24. The molecular weight excluding hydrogens is 204 g/mol. The molecule has 0 fully saturated rings. The molecule has 0 aromatic heterocycles. The molecule has 0 heterocycles. The van der Waals surface area contributed by atoms with Gasteiger partial charge in [0.05, 0.1) is 0 Å². The number of unbranched alkanes of at least 4 members (excludes halogenated alkanes) is 5. The van der Waals surface area contributed by atoms with Crippen molar-refractivity contribution in [3.63, 3.8) is 0 Å². The minimum atomic E-state index is 0.937. The van der Waals surface area contributed by atoms with E-state index < -0.39 is 0 Å². The fraction of sp³-hybridized carbons (Fsp3) is 1.00. The Bertz CT molecular complexity index is 139. The Morgan fingerprint density at radius 1 is 0.706 bits per heavy atom. The van der Waals surface area contributed by atoms with Crippen LogP contribution in [0.5, 0.6) is 0 Å². The van der Waals surface area contributed by atoms with Crippen molar-refractivity contribution in [1.29, 1.82) is 0 Å². The second-order valence-electron chi connectivity index (χ2n) is 5.96. The van der Waals surface area contributed by atoms with Crippen LogP contribution in [-0.2, 0) is 0 Å². The Morgan fingerprint density at radius 3 is 1.88 bits per heavy atom. The van der Waals surface area contributed by atoms with E-state index in [1.165, 1.54) is 70.6 Å². The van der Waals surface area contributed by atoms with Crippen LogP contribution in [-0.4, -0.2) is 0 Å². The summed E-state index contributed by atoms with van der Waals surface area (Å²) in [5, 5.41) is 0. The summed E-state index contributed by atoms with van der Waals surface area (Å²) in [5.74, 6) is 1.96. The van der Waals surface area contributed by atoms with Crippen molar-refractivity contribution >= 4 is 0 Å². The van der Waals surface area contributed by atoms with Crippen molar-refractivity contribution in [3.05, 3.63) is 0 Å². The summed E-state index contributed by atoms with van der Waals surface area (Å²) in [7, 11) is 0. The van der Waals surface area contributed by atoms with Crippen LogP contribution in [0, 0.1) is 11.8 Å². The molecule has 0 rings (SSSR count). The van der Waals surface area contributed by atoms with E-state index in [0.29, 0.717) is 0 Å². The molecule has 17 heavy (non-hydrogen) atoms. The van der Waals surface area contributed by atoms with Gasteiger partial charge in [0.2, 0.25) is 0 Å². The van der Waals surface area contributed by atoms with Gasteiger partial charge in [0.15, 0.2) is 0 Å². The first kappa shape index (κ1) is 17.0. The number of hydrogen-bond acceptors (Lipinski definition) is 0. The van der Waals surface area contributed by atoms with Gasteiger partial charge < -0.3 is 0 Å². The van der Waals surface area contributed by atoms with Crippen LogP contribution in [0.25, 0.3) is 0 Å². The summed E-state index contributed by atoms with van der Waals surface area (Å²) >= 11 is 0. The maximum absolute atomic E-state index is 2.43. The van der Waals surface area contributed by atoms with Gasteiger partial charge in [0.25, 0.3) is 0 Å². The highest BCUT2D eigenvalue weighted by molar-refractivity contribution is 4.64. The van der Waals surface area contributed by atoms with E-state index in [4.69, 9.17) is 0 Å². The number of rotatable bonds is 12. The molecule has 0 spiro atoms. The molecule has 0 nitrogen and oxygen atoms in total. The van der Waals surface area contributed by atoms with E-state index in [1.807, 2.05) is 0 Å². The lowest BCUT2D eigenvalue weighted by atomic mass is 9.86. The van der Waals surface area contributed by atoms with E-state index in [-0.39, 0.29) is 0 Å². The molecule has 0 aromatic rings. The van der Waals surface area contributed by atoms with Gasteiger partial charge in [0.1, 0.15) is 0 Å². The van der Waals surface area contributed by atoms with Gasteiger partial charge in [-0.25, -0.2) is 0 Å². The largest absolute Gasteiger partial charge is 0.0654 e. The van der Waals surface area contributed by atoms with E-state index in [2.05, 4.69) is 27.7 Å². The zero-order valence-electron chi connectivity index (χ0n) is 12.9. The highest BCUT2D eigenvalue weighted by Crippen LogP contribution is 2.25. The van der Waals surface area contributed by atoms with Crippen molar-refractivity contribution in [1.82, 2.24) is 0 Å². The third-order valence-electron chi connectivity index (χ3n) is 4.11. The molecule has 104 valence electrons. The van der Waals surface area contributed by atoms with Gasteiger partial charge in [-0.05, 0) is 18.3 Å². The van der Waals surface area contributed by atoms with Crippen LogP contribution >= 0.6 is 0 Å². The molecule has 0 amide bonds. The minimum Gasteiger partial charge on any atom is -0.0654 e. The summed E-state index contributed by atoms with van der Waals surface area (Å²) < 4.78 is 0. The minimum absolute atomic E-state index is 0.937. The van der Waals surface area contributed by atoms with Gasteiger partial charge in [-0.15, -0.1) is 0 Å². The van der Waals surface area contributed by atoms with Gasteiger partial charge in [0, 0.05) is 0 Å². The Kier molecular flexibility index (Phi) is 12.5. The third kappa shape index (κ3) is 10.9. The van der Waals surface area contributed by atoms with Gasteiger partial charge in [-0.2, -0.15) is 0 Å². The molecule has 0 aromatic carbocycles. The molecule has 0 bridgehead atoms. The lowest BCUT2D eigenvalue weighted by Crippen LogP contribution is -2.06. The third-order valence-corrected chi connectivity index (χ3v) is 4.11. The zero-order chi connectivity index (χ0) is 12.9. The van der Waals surface area contributed by atoms with Crippen LogP contribution < -0.4 is 0 Å². The van der Waals surface area contributed by atoms with Crippen LogP contribution in [0.1, 0.15) is 98.3 Å². The molecule has 0 N–H and O–H groups in total. The molecule has 0 heteroatoms. The second-order valence-corrected chi connectivity index (χ2v) is 5.96. The summed E-state index contributed by atoms with van der Waals surface area (Å²) in [6, 6.07) is 0.